The number of nitrogens with zero attached hydrogens (tertiary/aromatic N) is 2. The zero-order valence-electron chi connectivity index (χ0n) is 12.6. The van der Waals surface area contributed by atoms with Crippen molar-refractivity contribution in [2.75, 3.05) is 26.7 Å². The Balaban J connectivity index is 1.97. The highest BCUT2D eigenvalue weighted by atomic mass is 35.5. The molecule has 1 aliphatic rings. The molecule has 2 rings (SSSR count). The minimum absolute atomic E-state index is 0.0833. The van der Waals surface area contributed by atoms with Crippen LogP contribution in [-0.2, 0) is 11.2 Å². The molecule has 0 saturated carbocycles. The molecule has 1 heterocycles. The number of amides is 1. The summed E-state index contributed by atoms with van der Waals surface area (Å²) in [6.45, 7) is 5.38. The van der Waals surface area contributed by atoms with Gasteiger partial charge in [-0.1, -0.05) is 36.2 Å². The van der Waals surface area contributed by atoms with Crippen molar-refractivity contribution in [2.45, 2.75) is 32.2 Å². The SMILES string of the molecule is CCN1CCC(N(C)C(=O)Cc2c(Cl)cccc2Cl)CC1. The van der Waals surface area contributed by atoms with Crippen LogP contribution in [0.5, 0.6) is 0 Å². The third-order valence-corrected chi connectivity index (χ3v) is 5.04. The van der Waals surface area contributed by atoms with E-state index in [0.717, 1.165) is 38.0 Å². The number of halogens is 2. The number of likely N-dealkylation sites (tertiary alicyclic amines) is 1. The molecule has 0 bridgehead atoms. The van der Waals surface area contributed by atoms with Gasteiger partial charge in [0.25, 0.3) is 0 Å². The monoisotopic (exact) mass is 328 g/mol. The average Bonchev–Trinajstić information content (AvgIpc) is 2.50. The summed E-state index contributed by atoms with van der Waals surface area (Å²) in [5, 5.41) is 1.12. The lowest BCUT2D eigenvalue weighted by Crippen LogP contribution is -2.45. The van der Waals surface area contributed by atoms with E-state index in [9.17, 15) is 4.79 Å². The Bertz CT molecular complexity index is 479. The Morgan fingerprint density at radius 2 is 1.86 bits per heavy atom. The Morgan fingerprint density at radius 1 is 1.29 bits per heavy atom. The van der Waals surface area contributed by atoms with Gasteiger partial charge in [0, 0.05) is 36.2 Å². The average molecular weight is 329 g/mol. The molecule has 5 heteroatoms. The van der Waals surface area contributed by atoms with E-state index in [2.05, 4.69) is 11.8 Å². The van der Waals surface area contributed by atoms with Crippen molar-refractivity contribution in [1.29, 1.82) is 0 Å². The van der Waals surface area contributed by atoms with E-state index in [-0.39, 0.29) is 12.3 Å². The first-order valence-electron chi connectivity index (χ1n) is 7.43. The van der Waals surface area contributed by atoms with Crippen LogP contribution >= 0.6 is 23.2 Å². The maximum Gasteiger partial charge on any atom is 0.227 e. The lowest BCUT2D eigenvalue weighted by Gasteiger charge is -2.36. The summed E-state index contributed by atoms with van der Waals surface area (Å²) < 4.78 is 0. The highest BCUT2D eigenvalue weighted by molar-refractivity contribution is 6.36. The molecule has 3 nitrogen and oxygen atoms in total. The number of rotatable bonds is 4. The van der Waals surface area contributed by atoms with E-state index < -0.39 is 0 Å². The van der Waals surface area contributed by atoms with E-state index in [0.29, 0.717) is 16.1 Å². The number of carbonyl (C=O) groups is 1. The molecule has 1 saturated heterocycles. The zero-order chi connectivity index (χ0) is 15.4. The largest absolute Gasteiger partial charge is 0.342 e. The van der Waals surface area contributed by atoms with Gasteiger partial charge in [-0.05, 0) is 37.1 Å². The molecular weight excluding hydrogens is 307 g/mol. The maximum atomic E-state index is 12.5. The Kier molecular flexibility index (Phi) is 5.91. The highest BCUT2D eigenvalue weighted by Gasteiger charge is 2.25. The fourth-order valence-electron chi connectivity index (χ4n) is 2.80. The Hall–Kier alpha value is -0.770. The second-order valence-corrected chi connectivity index (χ2v) is 6.36. The van der Waals surface area contributed by atoms with Crippen LogP contribution in [0.4, 0.5) is 0 Å². The molecule has 21 heavy (non-hydrogen) atoms. The first kappa shape index (κ1) is 16.6. The van der Waals surface area contributed by atoms with Gasteiger partial charge in [0.15, 0.2) is 0 Å². The van der Waals surface area contributed by atoms with Crippen molar-refractivity contribution < 1.29 is 4.79 Å². The third-order valence-electron chi connectivity index (χ3n) is 4.34. The van der Waals surface area contributed by atoms with Crippen LogP contribution in [0.1, 0.15) is 25.3 Å². The van der Waals surface area contributed by atoms with Crippen LogP contribution in [-0.4, -0.2) is 48.4 Å². The first-order valence-corrected chi connectivity index (χ1v) is 8.19. The van der Waals surface area contributed by atoms with Crippen molar-refractivity contribution in [1.82, 2.24) is 9.80 Å². The number of likely N-dealkylation sites (N-methyl/N-ethyl adjacent to an activating group) is 1. The summed E-state index contributed by atoms with van der Waals surface area (Å²) in [5.74, 6) is 0.0833. The summed E-state index contributed by atoms with van der Waals surface area (Å²) >= 11 is 12.3. The van der Waals surface area contributed by atoms with E-state index >= 15 is 0 Å². The highest BCUT2D eigenvalue weighted by Crippen LogP contribution is 2.26. The Labute approximate surface area is 136 Å². The van der Waals surface area contributed by atoms with Gasteiger partial charge < -0.3 is 9.80 Å². The summed E-state index contributed by atoms with van der Waals surface area (Å²) in [5.41, 5.74) is 0.726. The lowest BCUT2D eigenvalue weighted by atomic mass is 10.0. The van der Waals surface area contributed by atoms with Crippen molar-refractivity contribution in [3.8, 4) is 0 Å². The van der Waals surface area contributed by atoms with Gasteiger partial charge in [0.1, 0.15) is 0 Å². The minimum Gasteiger partial charge on any atom is -0.342 e. The van der Waals surface area contributed by atoms with Crippen molar-refractivity contribution in [3.63, 3.8) is 0 Å². The molecule has 0 unspecified atom stereocenters. The molecule has 1 aromatic carbocycles. The first-order chi connectivity index (χ1) is 10.0. The van der Waals surface area contributed by atoms with E-state index in [1.165, 1.54) is 0 Å². The smallest absolute Gasteiger partial charge is 0.227 e. The fraction of sp³-hybridized carbons (Fsp3) is 0.562. The minimum atomic E-state index is 0.0833. The second kappa shape index (κ2) is 7.48. The molecular formula is C16H22Cl2N2O. The molecule has 0 N–H and O–H groups in total. The van der Waals surface area contributed by atoms with Gasteiger partial charge in [-0.25, -0.2) is 0 Å². The maximum absolute atomic E-state index is 12.5. The van der Waals surface area contributed by atoms with Gasteiger partial charge in [0.05, 0.1) is 6.42 Å². The van der Waals surface area contributed by atoms with E-state index in [1.807, 2.05) is 11.9 Å². The van der Waals surface area contributed by atoms with Crippen molar-refractivity contribution >= 4 is 29.1 Å². The molecule has 0 aliphatic carbocycles. The molecule has 116 valence electrons. The summed E-state index contributed by atoms with van der Waals surface area (Å²) in [6, 6.07) is 5.66. The summed E-state index contributed by atoms with van der Waals surface area (Å²) in [4.78, 5) is 16.7. The molecule has 0 radical (unpaired) electrons. The predicted molar refractivity (Wildman–Crippen MR) is 88.1 cm³/mol. The lowest BCUT2D eigenvalue weighted by molar-refractivity contribution is -0.132. The van der Waals surface area contributed by atoms with Crippen LogP contribution < -0.4 is 0 Å². The number of carbonyl (C=O) groups excluding carboxylic acids is 1. The van der Waals surface area contributed by atoms with Crippen LogP contribution in [0.15, 0.2) is 18.2 Å². The zero-order valence-corrected chi connectivity index (χ0v) is 14.1. The quantitative estimate of drug-likeness (QED) is 0.844. The topological polar surface area (TPSA) is 23.6 Å². The molecule has 0 atom stereocenters. The van der Waals surface area contributed by atoms with E-state index in [1.54, 1.807) is 18.2 Å². The van der Waals surface area contributed by atoms with Crippen LogP contribution in [0.25, 0.3) is 0 Å². The van der Waals surface area contributed by atoms with E-state index in [4.69, 9.17) is 23.2 Å². The number of piperidine rings is 1. The summed E-state index contributed by atoms with van der Waals surface area (Å²) in [6.07, 6.45) is 2.33. The second-order valence-electron chi connectivity index (χ2n) is 5.55. The number of hydrogen-bond acceptors (Lipinski definition) is 2. The number of hydrogen-bond donors (Lipinski definition) is 0. The van der Waals surface area contributed by atoms with Gasteiger partial charge in [-0.15, -0.1) is 0 Å². The van der Waals surface area contributed by atoms with Crippen molar-refractivity contribution in [2.24, 2.45) is 0 Å². The standard InChI is InChI=1S/C16H22Cl2N2O/c1-3-20-9-7-12(8-10-20)19(2)16(21)11-13-14(17)5-4-6-15(13)18/h4-6,12H,3,7-11H2,1-2H3. The predicted octanol–water partition coefficient (Wildman–Crippen LogP) is 3.48. The molecule has 1 aliphatic heterocycles. The molecule has 0 spiro atoms. The van der Waals surface area contributed by atoms with Gasteiger partial charge >= 0.3 is 0 Å². The number of benzene rings is 1. The molecule has 1 amide bonds. The molecule has 1 aromatic rings. The fourth-order valence-corrected chi connectivity index (χ4v) is 3.33. The van der Waals surface area contributed by atoms with Crippen LogP contribution in [0.3, 0.4) is 0 Å². The van der Waals surface area contributed by atoms with Crippen LogP contribution in [0, 0.1) is 0 Å². The van der Waals surface area contributed by atoms with Gasteiger partial charge in [-0.2, -0.15) is 0 Å². The third kappa shape index (κ3) is 4.12. The summed E-state index contributed by atoms with van der Waals surface area (Å²) in [7, 11) is 1.89. The van der Waals surface area contributed by atoms with Gasteiger partial charge in [-0.3, -0.25) is 4.79 Å². The molecule has 1 fully saturated rings. The van der Waals surface area contributed by atoms with Gasteiger partial charge in [0.2, 0.25) is 5.91 Å². The van der Waals surface area contributed by atoms with Crippen LogP contribution in [0.2, 0.25) is 10.0 Å². The van der Waals surface area contributed by atoms with Crippen molar-refractivity contribution in [3.05, 3.63) is 33.8 Å². The normalized spacial score (nSPS) is 17.0. The molecule has 0 aromatic heterocycles. The Morgan fingerprint density at radius 3 is 2.38 bits per heavy atom.